The molecule has 0 aliphatic heterocycles. The summed E-state index contributed by atoms with van der Waals surface area (Å²) in [6, 6.07) is 14.7. The first kappa shape index (κ1) is 13.0. The fourth-order valence-electron chi connectivity index (χ4n) is 1.82. The van der Waals surface area contributed by atoms with E-state index in [1.54, 1.807) is 0 Å². The molecule has 21 heavy (non-hydrogen) atoms. The normalized spacial score (nSPS) is 10.3. The third-order valence-corrected chi connectivity index (χ3v) is 2.86. The Morgan fingerprint density at radius 1 is 1.05 bits per heavy atom. The second kappa shape index (κ2) is 5.54. The van der Waals surface area contributed by atoms with Crippen molar-refractivity contribution in [2.45, 2.75) is 0 Å². The topological polar surface area (TPSA) is 70.7 Å². The van der Waals surface area contributed by atoms with E-state index in [9.17, 15) is 9.18 Å². The van der Waals surface area contributed by atoms with E-state index in [0.717, 1.165) is 5.56 Å². The van der Waals surface area contributed by atoms with Gasteiger partial charge in [0, 0.05) is 11.1 Å². The number of anilines is 1. The number of H-pyrrole nitrogens is 1. The summed E-state index contributed by atoms with van der Waals surface area (Å²) >= 11 is 0. The highest BCUT2D eigenvalue weighted by molar-refractivity contribution is 6.03. The van der Waals surface area contributed by atoms with Crippen LogP contribution in [0.2, 0.25) is 0 Å². The molecular weight excluding hydrogens is 271 g/mol. The average molecular weight is 282 g/mol. The number of hydrogen-bond donors (Lipinski definition) is 2. The van der Waals surface area contributed by atoms with Crippen LogP contribution in [0.5, 0.6) is 0 Å². The molecule has 0 radical (unpaired) electrons. The van der Waals surface area contributed by atoms with E-state index in [-0.39, 0.29) is 5.95 Å². The Hall–Kier alpha value is -3.02. The second-order valence-electron chi connectivity index (χ2n) is 4.33. The van der Waals surface area contributed by atoms with Gasteiger partial charge in [0.1, 0.15) is 5.82 Å². The molecule has 2 aromatic carbocycles. The largest absolute Gasteiger partial charge is 0.289 e. The van der Waals surface area contributed by atoms with Crippen molar-refractivity contribution in [3.05, 3.63) is 66.0 Å². The smallest absolute Gasteiger partial charge is 0.258 e. The molecule has 0 spiro atoms. The van der Waals surface area contributed by atoms with E-state index in [0.29, 0.717) is 11.4 Å². The van der Waals surface area contributed by atoms with Gasteiger partial charge in [0.2, 0.25) is 5.95 Å². The number of aromatic nitrogens is 3. The highest BCUT2D eigenvalue weighted by Gasteiger charge is 2.10. The number of amides is 1. The number of halogens is 1. The van der Waals surface area contributed by atoms with Gasteiger partial charge < -0.3 is 0 Å². The number of aromatic amines is 1. The molecule has 2 N–H and O–H groups in total. The lowest BCUT2D eigenvalue weighted by atomic mass is 10.2. The fraction of sp³-hybridized carbons (Fsp3) is 0. The molecule has 3 rings (SSSR count). The van der Waals surface area contributed by atoms with Crippen LogP contribution in [0, 0.1) is 5.82 Å². The van der Waals surface area contributed by atoms with Crippen LogP contribution in [-0.4, -0.2) is 21.1 Å². The van der Waals surface area contributed by atoms with E-state index in [1.165, 1.54) is 24.3 Å². The minimum absolute atomic E-state index is 0.170. The number of carbonyl (C=O) groups excluding carboxylic acids is 1. The van der Waals surface area contributed by atoms with Gasteiger partial charge in [0.15, 0.2) is 5.82 Å². The molecule has 0 saturated carbocycles. The molecule has 0 atom stereocenters. The van der Waals surface area contributed by atoms with Gasteiger partial charge in [-0.05, 0) is 24.3 Å². The van der Waals surface area contributed by atoms with Gasteiger partial charge in [0.05, 0.1) is 0 Å². The zero-order valence-corrected chi connectivity index (χ0v) is 10.9. The molecule has 0 saturated heterocycles. The van der Waals surface area contributed by atoms with Crippen molar-refractivity contribution in [2.75, 3.05) is 5.32 Å². The molecule has 1 heterocycles. The predicted molar refractivity (Wildman–Crippen MR) is 76.2 cm³/mol. The van der Waals surface area contributed by atoms with Gasteiger partial charge in [-0.3, -0.25) is 15.2 Å². The third-order valence-electron chi connectivity index (χ3n) is 2.86. The highest BCUT2D eigenvalue weighted by Crippen LogP contribution is 2.15. The molecule has 3 aromatic rings. The minimum Gasteiger partial charge on any atom is -0.289 e. The van der Waals surface area contributed by atoms with E-state index in [1.807, 2.05) is 30.3 Å². The molecule has 6 heteroatoms. The first-order valence-electron chi connectivity index (χ1n) is 6.27. The van der Waals surface area contributed by atoms with E-state index in [2.05, 4.69) is 20.5 Å². The maximum Gasteiger partial charge on any atom is 0.258 e. The third kappa shape index (κ3) is 2.94. The van der Waals surface area contributed by atoms with Gasteiger partial charge in [-0.1, -0.05) is 30.3 Å². The number of nitrogens with one attached hydrogen (secondary N) is 2. The number of nitrogens with zero attached hydrogens (tertiary/aromatic N) is 2. The first-order valence-corrected chi connectivity index (χ1v) is 6.27. The highest BCUT2D eigenvalue weighted by atomic mass is 19.1. The van der Waals surface area contributed by atoms with Crippen molar-refractivity contribution in [3.8, 4) is 11.4 Å². The standard InChI is InChI=1S/C15H11FN4O/c16-12-8-6-11(7-9-12)14(21)18-15-17-13(19-20-15)10-4-2-1-3-5-10/h1-9H,(H2,17,18,19,20,21). The van der Waals surface area contributed by atoms with Crippen LogP contribution < -0.4 is 5.32 Å². The van der Waals surface area contributed by atoms with E-state index >= 15 is 0 Å². The van der Waals surface area contributed by atoms with Crippen molar-refractivity contribution in [1.82, 2.24) is 15.2 Å². The lowest BCUT2D eigenvalue weighted by Crippen LogP contribution is -2.12. The van der Waals surface area contributed by atoms with Crippen molar-refractivity contribution >= 4 is 11.9 Å². The fourth-order valence-corrected chi connectivity index (χ4v) is 1.82. The molecule has 0 unspecified atom stereocenters. The monoisotopic (exact) mass is 282 g/mol. The SMILES string of the molecule is O=C(Nc1n[nH]c(-c2ccccc2)n1)c1ccc(F)cc1. The molecule has 0 aliphatic rings. The molecular formula is C15H11FN4O. The summed E-state index contributed by atoms with van der Waals surface area (Å²) in [4.78, 5) is 16.1. The summed E-state index contributed by atoms with van der Waals surface area (Å²) in [6.45, 7) is 0. The van der Waals surface area contributed by atoms with Crippen molar-refractivity contribution in [1.29, 1.82) is 0 Å². The molecule has 0 fully saturated rings. The Bertz CT molecular complexity index is 753. The van der Waals surface area contributed by atoms with Crippen molar-refractivity contribution < 1.29 is 9.18 Å². The predicted octanol–water partition coefficient (Wildman–Crippen LogP) is 2.86. The van der Waals surface area contributed by atoms with E-state index < -0.39 is 11.7 Å². The maximum atomic E-state index is 12.8. The zero-order chi connectivity index (χ0) is 14.7. The number of rotatable bonds is 3. The second-order valence-corrected chi connectivity index (χ2v) is 4.33. The molecule has 1 amide bonds. The van der Waals surface area contributed by atoms with Gasteiger partial charge in [-0.2, -0.15) is 4.98 Å². The molecule has 104 valence electrons. The van der Waals surface area contributed by atoms with Crippen LogP contribution >= 0.6 is 0 Å². The molecule has 0 aliphatic carbocycles. The lowest BCUT2D eigenvalue weighted by molar-refractivity contribution is 0.102. The first-order chi connectivity index (χ1) is 10.2. The van der Waals surface area contributed by atoms with Crippen molar-refractivity contribution in [2.24, 2.45) is 0 Å². The summed E-state index contributed by atoms with van der Waals surface area (Å²) in [7, 11) is 0. The Morgan fingerprint density at radius 3 is 2.48 bits per heavy atom. The van der Waals surface area contributed by atoms with Crippen LogP contribution in [0.3, 0.4) is 0 Å². The van der Waals surface area contributed by atoms with Crippen LogP contribution in [-0.2, 0) is 0 Å². The molecule has 0 bridgehead atoms. The van der Waals surface area contributed by atoms with Crippen molar-refractivity contribution in [3.63, 3.8) is 0 Å². The number of hydrogen-bond acceptors (Lipinski definition) is 3. The van der Waals surface area contributed by atoms with Gasteiger partial charge >= 0.3 is 0 Å². The Labute approximate surface area is 119 Å². The van der Waals surface area contributed by atoms with Crippen LogP contribution in [0.1, 0.15) is 10.4 Å². The Balaban J connectivity index is 1.75. The van der Waals surface area contributed by atoms with Gasteiger partial charge in [-0.15, -0.1) is 5.10 Å². The maximum absolute atomic E-state index is 12.8. The van der Waals surface area contributed by atoms with Crippen LogP contribution in [0.25, 0.3) is 11.4 Å². The Morgan fingerprint density at radius 2 is 1.76 bits per heavy atom. The quantitative estimate of drug-likeness (QED) is 0.776. The number of benzene rings is 2. The Kier molecular flexibility index (Phi) is 3.42. The number of carbonyl (C=O) groups is 1. The molecule has 5 nitrogen and oxygen atoms in total. The summed E-state index contributed by atoms with van der Waals surface area (Å²) in [5.41, 5.74) is 1.20. The minimum atomic E-state index is -0.395. The molecule has 1 aromatic heterocycles. The van der Waals surface area contributed by atoms with Gasteiger partial charge in [-0.25, -0.2) is 4.39 Å². The average Bonchev–Trinajstić information content (AvgIpc) is 2.97. The van der Waals surface area contributed by atoms with E-state index in [4.69, 9.17) is 0 Å². The summed E-state index contributed by atoms with van der Waals surface area (Å²) in [5, 5.41) is 9.24. The summed E-state index contributed by atoms with van der Waals surface area (Å²) < 4.78 is 12.8. The lowest BCUT2D eigenvalue weighted by Gasteiger charge is -2.00. The zero-order valence-electron chi connectivity index (χ0n) is 10.9. The summed E-state index contributed by atoms with van der Waals surface area (Å²) in [5.74, 6) is -0.0578. The summed E-state index contributed by atoms with van der Waals surface area (Å²) in [6.07, 6.45) is 0. The van der Waals surface area contributed by atoms with Crippen LogP contribution in [0.15, 0.2) is 54.6 Å². The van der Waals surface area contributed by atoms with Gasteiger partial charge in [0.25, 0.3) is 5.91 Å². The van der Waals surface area contributed by atoms with Crippen LogP contribution in [0.4, 0.5) is 10.3 Å².